The number of hydrogen-bond donors (Lipinski definition) is 3. The first-order chi connectivity index (χ1) is 11.4. The molecule has 2 aromatic carbocycles. The second kappa shape index (κ2) is 8.27. The van der Waals surface area contributed by atoms with E-state index < -0.39 is 11.8 Å². The van der Waals surface area contributed by atoms with Crippen LogP contribution in [0.2, 0.25) is 5.02 Å². The average molecular weight is 476 g/mol. The van der Waals surface area contributed by atoms with E-state index in [-0.39, 0.29) is 5.75 Å². The van der Waals surface area contributed by atoms with Gasteiger partial charge in [-0.2, -0.15) is 5.10 Å². The van der Waals surface area contributed by atoms with Crippen molar-refractivity contribution in [1.29, 1.82) is 0 Å². The van der Waals surface area contributed by atoms with E-state index in [1.54, 1.807) is 36.4 Å². The third-order valence-electron chi connectivity index (χ3n) is 2.73. The average Bonchev–Trinajstić information content (AvgIpc) is 2.54. The van der Waals surface area contributed by atoms with Gasteiger partial charge in [0.25, 0.3) is 0 Å². The smallest absolute Gasteiger partial charge is 0.329 e. The molecule has 0 aliphatic rings. The quantitative estimate of drug-likeness (QED) is 0.360. The molecule has 0 fully saturated rings. The summed E-state index contributed by atoms with van der Waals surface area (Å²) in [5.41, 5.74) is 3.16. The molecule has 0 saturated heterocycles. The van der Waals surface area contributed by atoms with Crippen molar-refractivity contribution < 1.29 is 14.7 Å². The highest BCUT2D eigenvalue weighted by Crippen LogP contribution is 2.32. The molecule has 0 spiro atoms. The normalized spacial score (nSPS) is 10.6. The summed E-state index contributed by atoms with van der Waals surface area (Å²) in [7, 11) is 0. The minimum atomic E-state index is -0.918. The lowest BCUT2D eigenvalue weighted by molar-refractivity contribution is -0.136. The van der Waals surface area contributed by atoms with Gasteiger partial charge in [0, 0.05) is 10.7 Å². The second-order valence-electron chi connectivity index (χ2n) is 4.49. The SMILES string of the molecule is O=C(N/N=C/c1cc(Br)c(O)c(Br)c1)C(=O)Nc1ccc(Cl)cc1. The largest absolute Gasteiger partial charge is 0.506 e. The number of halogens is 3. The van der Waals surface area contributed by atoms with E-state index in [0.29, 0.717) is 25.2 Å². The Labute approximate surface area is 159 Å². The monoisotopic (exact) mass is 473 g/mol. The van der Waals surface area contributed by atoms with Gasteiger partial charge in [0.05, 0.1) is 15.2 Å². The number of carbonyl (C=O) groups is 2. The van der Waals surface area contributed by atoms with Gasteiger partial charge in [0.2, 0.25) is 0 Å². The number of hydrogen-bond acceptors (Lipinski definition) is 4. The number of benzene rings is 2. The summed E-state index contributed by atoms with van der Waals surface area (Å²) in [6, 6.07) is 9.53. The standard InChI is InChI=1S/C15H10Br2ClN3O3/c16-11-5-8(6-12(17)13(11)22)7-19-21-15(24)14(23)20-10-3-1-9(18)2-4-10/h1-7,22H,(H,20,23)(H,21,24)/b19-7+. The van der Waals surface area contributed by atoms with Gasteiger partial charge in [-0.1, -0.05) is 11.6 Å². The van der Waals surface area contributed by atoms with Crippen LogP contribution >= 0.6 is 43.5 Å². The first-order valence-corrected chi connectivity index (χ1v) is 8.41. The maximum Gasteiger partial charge on any atom is 0.329 e. The Bertz CT molecular complexity index is 787. The summed E-state index contributed by atoms with van der Waals surface area (Å²) < 4.78 is 0.926. The van der Waals surface area contributed by atoms with Crippen LogP contribution in [0.25, 0.3) is 0 Å². The molecule has 9 heteroatoms. The first kappa shape index (κ1) is 18.4. The van der Waals surface area contributed by atoms with E-state index in [2.05, 4.69) is 47.7 Å². The number of nitrogens with one attached hydrogen (secondary N) is 2. The van der Waals surface area contributed by atoms with E-state index in [1.165, 1.54) is 6.21 Å². The fourth-order valence-corrected chi connectivity index (χ4v) is 2.94. The fourth-order valence-electron chi connectivity index (χ4n) is 1.60. The van der Waals surface area contributed by atoms with Crippen LogP contribution in [0.5, 0.6) is 5.75 Å². The van der Waals surface area contributed by atoms with Crippen LogP contribution in [0.15, 0.2) is 50.4 Å². The van der Waals surface area contributed by atoms with Gasteiger partial charge in [-0.05, 0) is 73.8 Å². The number of phenolic OH excluding ortho intramolecular Hbond substituents is 1. The lowest BCUT2D eigenvalue weighted by atomic mass is 10.2. The molecule has 2 aromatic rings. The fraction of sp³-hybridized carbons (Fsp3) is 0. The van der Waals surface area contributed by atoms with Crippen LogP contribution in [0.1, 0.15) is 5.56 Å². The van der Waals surface area contributed by atoms with E-state index in [9.17, 15) is 14.7 Å². The molecule has 2 amide bonds. The van der Waals surface area contributed by atoms with Crippen LogP contribution in [0.3, 0.4) is 0 Å². The summed E-state index contributed by atoms with van der Waals surface area (Å²) in [5.74, 6) is -1.72. The Hall–Kier alpha value is -1.90. The van der Waals surface area contributed by atoms with Gasteiger partial charge in [0.15, 0.2) is 0 Å². The minimum absolute atomic E-state index is 0.0542. The van der Waals surface area contributed by atoms with E-state index in [4.69, 9.17) is 11.6 Å². The number of nitrogens with zero attached hydrogens (tertiary/aromatic N) is 1. The van der Waals surface area contributed by atoms with E-state index in [0.717, 1.165) is 0 Å². The Kier molecular flexibility index (Phi) is 6.36. The zero-order valence-electron chi connectivity index (χ0n) is 11.9. The third-order valence-corrected chi connectivity index (χ3v) is 4.19. The molecule has 124 valence electrons. The number of aromatic hydroxyl groups is 1. The number of carbonyl (C=O) groups excluding carboxylic acids is 2. The zero-order valence-corrected chi connectivity index (χ0v) is 15.8. The molecule has 24 heavy (non-hydrogen) atoms. The third kappa shape index (κ3) is 5.05. The summed E-state index contributed by atoms with van der Waals surface area (Å²) in [6.07, 6.45) is 1.34. The molecule has 0 aliphatic heterocycles. The van der Waals surface area contributed by atoms with Crippen LogP contribution < -0.4 is 10.7 Å². The van der Waals surface area contributed by atoms with Gasteiger partial charge in [-0.3, -0.25) is 9.59 Å². The molecule has 6 nitrogen and oxygen atoms in total. The molecule has 0 aliphatic carbocycles. The minimum Gasteiger partial charge on any atom is -0.506 e. The van der Waals surface area contributed by atoms with Gasteiger partial charge in [-0.15, -0.1) is 0 Å². The van der Waals surface area contributed by atoms with Crippen molar-refractivity contribution >= 4 is 67.2 Å². The number of rotatable bonds is 3. The molecule has 3 N–H and O–H groups in total. The molecule has 0 aromatic heterocycles. The lowest BCUT2D eigenvalue weighted by Crippen LogP contribution is -2.32. The van der Waals surface area contributed by atoms with Crippen molar-refractivity contribution in [3.63, 3.8) is 0 Å². The van der Waals surface area contributed by atoms with Crippen molar-refractivity contribution in [2.45, 2.75) is 0 Å². The molecule has 0 saturated carbocycles. The van der Waals surface area contributed by atoms with Crippen molar-refractivity contribution in [2.75, 3.05) is 5.32 Å². The van der Waals surface area contributed by atoms with E-state index >= 15 is 0 Å². The summed E-state index contributed by atoms with van der Waals surface area (Å²) >= 11 is 12.1. The Balaban J connectivity index is 1.94. The van der Waals surface area contributed by atoms with Gasteiger partial charge in [0.1, 0.15) is 5.75 Å². The molecule has 0 atom stereocenters. The molecule has 0 heterocycles. The lowest BCUT2D eigenvalue weighted by Gasteiger charge is -2.04. The molecule has 0 radical (unpaired) electrons. The Morgan fingerprint density at radius 2 is 1.67 bits per heavy atom. The molecule has 0 bridgehead atoms. The Morgan fingerprint density at radius 1 is 1.08 bits per heavy atom. The molecule has 0 unspecified atom stereocenters. The summed E-state index contributed by atoms with van der Waals surface area (Å²) in [4.78, 5) is 23.4. The van der Waals surface area contributed by atoms with Gasteiger partial charge < -0.3 is 10.4 Å². The van der Waals surface area contributed by atoms with E-state index in [1.807, 2.05) is 0 Å². The van der Waals surface area contributed by atoms with Crippen LogP contribution in [-0.2, 0) is 9.59 Å². The van der Waals surface area contributed by atoms with Crippen LogP contribution in [0.4, 0.5) is 5.69 Å². The van der Waals surface area contributed by atoms with Gasteiger partial charge >= 0.3 is 11.8 Å². The topological polar surface area (TPSA) is 90.8 Å². The Morgan fingerprint density at radius 3 is 2.25 bits per heavy atom. The van der Waals surface area contributed by atoms with Crippen molar-refractivity contribution in [3.05, 3.63) is 55.9 Å². The predicted molar refractivity (Wildman–Crippen MR) is 99.3 cm³/mol. The number of phenols is 1. The number of anilines is 1. The molecular weight excluding hydrogens is 465 g/mol. The summed E-state index contributed by atoms with van der Waals surface area (Å²) in [6.45, 7) is 0. The molecule has 2 rings (SSSR count). The number of amides is 2. The van der Waals surface area contributed by atoms with Crippen LogP contribution in [-0.4, -0.2) is 23.1 Å². The highest BCUT2D eigenvalue weighted by molar-refractivity contribution is 9.11. The van der Waals surface area contributed by atoms with Crippen molar-refractivity contribution in [3.8, 4) is 5.75 Å². The zero-order chi connectivity index (χ0) is 17.7. The maximum atomic E-state index is 11.7. The first-order valence-electron chi connectivity index (χ1n) is 6.45. The predicted octanol–water partition coefficient (Wildman–Crippen LogP) is 3.66. The van der Waals surface area contributed by atoms with Gasteiger partial charge in [-0.25, -0.2) is 5.43 Å². The summed E-state index contributed by atoms with van der Waals surface area (Å²) in [5, 5.41) is 16.2. The van der Waals surface area contributed by atoms with Crippen molar-refractivity contribution in [1.82, 2.24) is 5.43 Å². The van der Waals surface area contributed by atoms with Crippen molar-refractivity contribution in [2.24, 2.45) is 5.10 Å². The molecular formula is C15H10Br2ClN3O3. The maximum absolute atomic E-state index is 11.7. The highest BCUT2D eigenvalue weighted by atomic mass is 79.9. The second-order valence-corrected chi connectivity index (χ2v) is 6.64. The number of hydrazone groups is 1. The highest BCUT2D eigenvalue weighted by Gasteiger charge is 2.12. The van der Waals surface area contributed by atoms with Crippen LogP contribution in [0, 0.1) is 0 Å².